The summed E-state index contributed by atoms with van der Waals surface area (Å²) < 4.78 is 59.8. The largest absolute Gasteiger partial charge is 0.461 e. The van der Waals surface area contributed by atoms with Crippen LogP contribution in [0.5, 0.6) is 0 Å². The molecule has 0 aromatic heterocycles. The van der Waals surface area contributed by atoms with E-state index in [1.165, 1.54) is 32.9 Å². The number of benzene rings is 2. The van der Waals surface area contributed by atoms with Crippen LogP contribution in [0.2, 0.25) is 0 Å². The standard InChI is InChI=1S/C28H36N4O7S2/c33-27(23-7-5-9-25(21-23)40(35,36)31-11-1-2-12-31)30-17-15-29(16-18-30)19-20-39-28(34)24-8-6-10-26(22-24)41(37,38)32-13-3-4-14-32/h5-10,21-22H,1-4,11-20H2. The first-order valence-corrected chi connectivity index (χ1v) is 16.9. The predicted molar refractivity (Wildman–Crippen MR) is 151 cm³/mol. The summed E-state index contributed by atoms with van der Waals surface area (Å²) in [4.78, 5) is 29.8. The lowest BCUT2D eigenvalue weighted by atomic mass is 10.2. The molecule has 11 nitrogen and oxygen atoms in total. The Labute approximate surface area is 241 Å². The van der Waals surface area contributed by atoms with Crippen molar-refractivity contribution in [2.24, 2.45) is 0 Å². The number of hydrogen-bond acceptors (Lipinski definition) is 8. The van der Waals surface area contributed by atoms with Crippen LogP contribution in [0.4, 0.5) is 0 Å². The van der Waals surface area contributed by atoms with E-state index in [2.05, 4.69) is 4.90 Å². The van der Waals surface area contributed by atoms with Crippen LogP contribution >= 0.6 is 0 Å². The van der Waals surface area contributed by atoms with Crippen molar-refractivity contribution in [3.8, 4) is 0 Å². The molecular formula is C28H36N4O7S2. The Morgan fingerprint density at radius 1 is 0.659 bits per heavy atom. The minimum Gasteiger partial charge on any atom is -0.461 e. The zero-order valence-corrected chi connectivity index (χ0v) is 24.6. The van der Waals surface area contributed by atoms with Gasteiger partial charge in [-0.3, -0.25) is 9.69 Å². The van der Waals surface area contributed by atoms with Crippen LogP contribution in [0.15, 0.2) is 58.3 Å². The molecule has 0 bridgehead atoms. The normalized spacial score (nSPS) is 19.5. The molecule has 222 valence electrons. The number of amides is 1. The number of rotatable bonds is 9. The van der Waals surface area contributed by atoms with E-state index in [0.717, 1.165) is 25.7 Å². The van der Waals surface area contributed by atoms with Crippen LogP contribution in [0.1, 0.15) is 46.4 Å². The third kappa shape index (κ3) is 6.64. The van der Waals surface area contributed by atoms with Crippen molar-refractivity contribution in [3.63, 3.8) is 0 Å². The third-order valence-corrected chi connectivity index (χ3v) is 11.6. The van der Waals surface area contributed by atoms with E-state index in [4.69, 9.17) is 4.74 Å². The van der Waals surface area contributed by atoms with E-state index in [1.807, 2.05) is 0 Å². The Kier molecular flexibility index (Phi) is 9.09. The second-order valence-electron chi connectivity index (χ2n) is 10.5. The third-order valence-electron chi connectivity index (χ3n) is 7.86. The number of carbonyl (C=O) groups is 2. The van der Waals surface area contributed by atoms with Gasteiger partial charge in [0, 0.05) is 64.5 Å². The molecule has 2 aromatic carbocycles. The van der Waals surface area contributed by atoms with E-state index < -0.39 is 26.0 Å². The average Bonchev–Trinajstić information content (AvgIpc) is 3.73. The molecule has 0 aliphatic carbocycles. The average molecular weight is 605 g/mol. The summed E-state index contributed by atoms with van der Waals surface area (Å²) in [6.07, 6.45) is 3.36. The zero-order chi connectivity index (χ0) is 29.0. The Bertz CT molecular complexity index is 1470. The number of esters is 1. The zero-order valence-electron chi connectivity index (χ0n) is 23.0. The number of piperazine rings is 1. The van der Waals surface area contributed by atoms with Crippen LogP contribution < -0.4 is 0 Å². The number of hydrogen-bond donors (Lipinski definition) is 0. The molecule has 3 saturated heterocycles. The van der Waals surface area contributed by atoms with Crippen molar-refractivity contribution >= 4 is 31.9 Å². The van der Waals surface area contributed by atoms with Gasteiger partial charge in [-0.05, 0) is 62.1 Å². The highest BCUT2D eigenvalue weighted by molar-refractivity contribution is 7.89. The van der Waals surface area contributed by atoms with Crippen molar-refractivity contribution < 1.29 is 31.2 Å². The second-order valence-corrected chi connectivity index (χ2v) is 14.4. The van der Waals surface area contributed by atoms with E-state index in [1.54, 1.807) is 29.2 Å². The maximum Gasteiger partial charge on any atom is 0.338 e. The van der Waals surface area contributed by atoms with E-state index in [-0.39, 0.29) is 27.9 Å². The molecule has 0 atom stereocenters. The molecule has 5 rings (SSSR count). The van der Waals surface area contributed by atoms with Crippen molar-refractivity contribution in [1.82, 2.24) is 18.4 Å². The Balaban J connectivity index is 1.10. The molecule has 2 aromatic rings. The fraction of sp³-hybridized carbons (Fsp3) is 0.500. The van der Waals surface area contributed by atoms with Gasteiger partial charge in [0.05, 0.1) is 15.4 Å². The molecule has 3 fully saturated rings. The van der Waals surface area contributed by atoms with Gasteiger partial charge in [0.2, 0.25) is 20.0 Å². The second kappa shape index (κ2) is 12.6. The van der Waals surface area contributed by atoms with E-state index >= 15 is 0 Å². The van der Waals surface area contributed by atoms with E-state index in [9.17, 15) is 26.4 Å². The summed E-state index contributed by atoms with van der Waals surface area (Å²) >= 11 is 0. The van der Waals surface area contributed by atoms with Crippen LogP contribution in [0.3, 0.4) is 0 Å². The molecule has 1 amide bonds. The van der Waals surface area contributed by atoms with Crippen LogP contribution in [0, 0.1) is 0 Å². The molecule has 0 saturated carbocycles. The SMILES string of the molecule is O=C(OCCN1CCN(C(=O)c2cccc(S(=O)(=O)N3CCCC3)c2)CC1)c1cccc(S(=O)(=O)N2CCCC2)c1. The highest BCUT2D eigenvalue weighted by atomic mass is 32.2. The molecule has 3 heterocycles. The van der Waals surface area contributed by atoms with Crippen molar-refractivity contribution in [2.45, 2.75) is 35.5 Å². The minimum absolute atomic E-state index is 0.0915. The first-order valence-electron chi connectivity index (χ1n) is 14.1. The first kappa shape index (κ1) is 29.6. The van der Waals surface area contributed by atoms with Crippen molar-refractivity contribution in [1.29, 1.82) is 0 Å². The topological polar surface area (TPSA) is 125 Å². The van der Waals surface area contributed by atoms with E-state index in [0.29, 0.717) is 64.5 Å². The molecule has 41 heavy (non-hydrogen) atoms. The summed E-state index contributed by atoms with van der Waals surface area (Å²) in [5, 5.41) is 0. The van der Waals surface area contributed by atoms with Crippen LogP contribution in [0.25, 0.3) is 0 Å². The van der Waals surface area contributed by atoms with Gasteiger partial charge in [0.25, 0.3) is 5.91 Å². The molecule has 0 spiro atoms. The highest BCUT2D eigenvalue weighted by Crippen LogP contribution is 2.23. The summed E-state index contributed by atoms with van der Waals surface area (Å²) in [7, 11) is -7.23. The summed E-state index contributed by atoms with van der Waals surface area (Å²) in [6, 6.07) is 12.2. The van der Waals surface area contributed by atoms with Crippen molar-refractivity contribution in [3.05, 3.63) is 59.7 Å². The lowest BCUT2D eigenvalue weighted by molar-refractivity contribution is 0.0411. The Morgan fingerprint density at radius 2 is 1.15 bits per heavy atom. The molecule has 3 aliphatic rings. The van der Waals surface area contributed by atoms with Gasteiger partial charge in [-0.1, -0.05) is 12.1 Å². The minimum atomic E-state index is -3.63. The summed E-state index contributed by atoms with van der Waals surface area (Å²) in [5.41, 5.74) is 0.538. The summed E-state index contributed by atoms with van der Waals surface area (Å²) in [5.74, 6) is -0.792. The highest BCUT2D eigenvalue weighted by Gasteiger charge is 2.30. The lowest BCUT2D eigenvalue weighted by Crippen LogP contribution is -2.49. The van der Waals surface area contributed by atoms with Gasteiger partial charge >= 0.3 is 5.97 Å². The molecule has 0 unspecified atom stereocenters. The predicted octanol–water partition coefficient (Wildman–Crippen LogP) is 1.87. The van der Waals surface area contributed by atoms with Gasteiger partial charge in [-0.2, -0.15) is 8.61 Å². The molecule has 0 N–H and O–H groups in total. The number of nitrogens with zero attached hydrogens (tertiary/aromatic N) is 4. The molecule has 0 radical (unpaired) electrons. The van der Waals surface area contributed by atoms with Crippen LogP contribution in [-0.2, 0) is 24.8 Å². The Morgan fingerprint density at radius 3 is 1.68 bits per heavy atom. The van der Waals surface area contributed by atoms with Crippen molar-refractivity contribution in [2.75, 3.05) is 65.5 Å². The number of ether oxygens (including phenoxy) is 1. The fourth-order valence-electron chi connectivity index (χ4n) is 5.44. The maximum absolute atomic E-state index is 13.1. The quantitative estimate of drug-likeness (QED) is 0.398. The first-order chi connectivity index (χ1) is 19.7. The van der Waals surface area contributed by atoms with Crippen LogP contribution in [-0.4, -0.2) is 113 Å². The number of carbonyl (C=O) groups excluding carboxylic acids is 2. The van der Waals surface area contributed by atoms with Gasteiger partial charge in [0.1, 0.15) is 6.61 Å². The molecule has 3 aliphatic heterocycles. The number of sulfonamides is 2. The maximum atomic E-state index is 13.1. The van der Waals surface area contributed by atoms with Gasteiger partial charge in [-0.25, -0.2) is 21.6 Å². The smallest absolute Gasteiger partial charge is 0.338 e. The van der Waals surface area contributed by atoms with Gasteiger partial charge < -0.3 is 9.64 Å². The van der Waals surface area contributed by atoms with Gasteiger partial charge in [0.15, 0.2) is 0 Å². The fourth-order valence-corrected chi connectivity index (χ4v) is 8.56. The lowest BCUT2D eigenvalue weighted by Gasteiger charge is -2.34. The Hall–Kier alpha value is -2.84. The molecular weight excluding hydrogens is 568 g/mol. The summed E-state index contributed by atoms with van der Waals surface area (Å²) in [6.45, 7) is 4.69. The van der Waals surface area contributed by atoms with Gasteiger partial charge in [-0.15, -0.1) is 0 Å². The molecule has 13 heteroatoms. The monoisotopic (exact) mass is 604 g/mol.